The maximum atomic E-state index is 12.3. The first-order valence-electron chi connectivity index (χ1n) is 16.0. The molecule has 0 aromatic rings. The molecule has 0 saturated heterocycles. The minimum atomic E-state index is -3.42. The van der Waals surface area contributed by atoms with Gasteiger partial charge in [0.2, 0.25) is 10.0 Å². The predicted molar refractivity (Wildman–Crippen MR) is 170 cm³/mol. The molecule has 0 saturated carbocycles. The third-order valence-corrected chi connectivity index (χ3v) is 9.95. The number of aliphatic imine (C=N–C) groups is 1. The van der Waals surface area contributed by atoms with Crippen molar-refractivity contribution < 1.29 is 22.7 Å². The van der Waals surface area contributed by atoms with Gasteiger partial charge < -0.3 is 14.8 Å². The Morgan fingerprint density at radius 3 is 1.98 bits per heavy atom. The third kappa shape index (κ3) is 21.8. The molecule has 0 radical (unpaired) electrons. The molecule has 0 bridgehead atoms. The second-order valence-electron chi connectivity index (χ2n) is 11.1. The summed E-state index contributed by atoms with van der Waals surface area (Å²) in [6, 6.07) is 0.323. The van der Waals surface area contributed by atoms with Gasteiger partial charge in [0.1, 0.15) is 12.7 Å². The Morgan fingerprint density at radius 2 is 1.48 bits per heavy atom. The first kappa shape index (κ1) is 37.2. The Balaban J connectivity index is 1.93. The predicted octanol–water partition coefficient (Wildman–Crippen LogP) is 7.22. The molecule has 8 nitrogen and oxygen atoms in total. The highest BCUT2D eigenvalue weighted by atomic mass is 32.2. The van der Waals surface area contributed by atoms with Gasteiger partial charge in [-0.05, 0) is 26.2 Å². The van der Waals surface area contributed by atoms with Gasteiger partial charge in [-0.15, -0.1) is 11.8 Å². The van der Waals surface area contributed by atoms with Gasteiger partial charge in [0.15, 0.2) is 0 Å². The van der Waals surface area contributed by atoms with E-state index in [1.165, 1.54) is 97.0 Å². The first-order chi connectivity index (χ1) is 19.4. The minimum Gasteiger partial charge on any atom is -0.447 e. The molecule has 0 aromatic carbocycles. The van der Waals surface area contributed by atoms with Crippen molar-refractivity contribution in [3.05, 3.63) is 0 Å². The molecule has 10 heteroatoms. The van der Waals surface area contributed by atoms with E-state index in [2.05, 4.69) is 28.9 Å². The zero-order valence-corrected chi connectivity index (χ0v) is 27.4. The van der Waals surface area contributed by atoms with E-state index in [4.69, 9.17) is 9.47 Å². The number of thioether (sulfide) groups is 1. The van der Waals surface area contributed by atoms with Crippen LogP contribution in [0.1, 0.15) is 129 Å². The average molecular weight is 606 g/mol. The number of unbranched alkanes of at least 4 members (excludes halogenated alkanes) is 15. The lowest BCUT2D eigenvalue weighted by molar-refractivity contribution is 0.0384. The highest BCUT2D eigenvalue weighted by molar-refractivity contribution is 8.14. The highest BCUT2D eigenvalue weighted by Gasteiger charge is 2.18. The average Bonchev–Trinajstić information content (AvgIpc) is 3.35. The molecule has 1 aliphatic heterocycles. The smallest absolute Gasteiger partial charge is 0.407 e. The van der Waals surface area contributed by atoms with Gasteiger partial charge in [0, 0.05) is 26.0 Å². The Labute approximate surface area is 250 Å². The second kappa shape index (κ2) is 24.7. The lowest BCUT2D eigenvalue weighted by atomic mass is 10.0. The van der Waals surface area contributed by atoms with Crippen LogP contribution in [0, 0.1) is 0 Å². The largest absolute Gasteiger partial charge is 0.447 e. The van der Waals surface area contributed by atoms with Crippen LogP contribution < -0.4 is 10.0 Å². The third-order valence-electron chi connectivity index (χ3n) is 7.22. The Kier molecular flexibility index (Phi) is 23.0. The summed E-state index contributed by atoms with van der Waals surface area (Å²) >= 11 is 1.71. The van der Waals surface area contributed by atoms with Crippen molar-refractivity contribution in [1.82, 2.24) is 10.0 Å². The van der Waals surface area contributed by atoms with Gasteiger partial charge in [-0.1, -0.05) is 103 Å². The fraction of sp³-hybridized carbons (Fsp3) is 0.933. The molecular weight excluding hydrogens is 546 g/mol. The lowest BCUT2D eigenvalue weighted by Crippen LogP contribution is -2.38. The van der Waals surface area contributed by atoms with E-state index in [-0.39, 0.29) is 18.9 Å². The number of rotatable bonds is 27. The molecule has 2 unspecified atom stereocenters. The Bertz CT molecular complexity index is 764. The molecule has 0 fully saturated rings. The standard InChI is InChI=1S/C30H59N3O5S2/c1-4-5-6-7-8-9-10-11-12-13-14-15-16-17-18-19-22-31-30(34)38-25-28(37-3)24-32-40(35,36)23-20-21-29-33-27(2)26-39-29/h27-28,32H,4-26H2,1-3H3,(H,31,34). The number of nitrogens with one attached hydrogen (secondary N) is 2. The van der Waals surface area contributed by atoms with Crippen molar-refractivity contribution in [3.8, 4) is 0 Å². The van der Waals surface area contributed by atoms with Crippen LogP contribution in [0.2, 0.25) is 0 Å². The topological polar surface area (TPSA) is 106 Å². The number of methoxy groups -OCH3 is 1. The summed E-state index contributed by atoms with van der Waals surface area (Å²) in [6.07, 6.45) is 21.3. The van der Waals surface area contributed by atoms with Gasteiger partial charge in [0.25, 0.3) is 0 Å². The van der Waals surface area contributed by atoms with Crippen molar-refractivity contribution in [1.29, 1.82) is 0 Å². The summed E-state index contributed by atoms with van der Waals surface area (Å²) in [5, 5.41) is 3.81. The number of alkyl carbamates (subject to hydrolysis) is 1. The molecule has 2 atom stereocenters. The minimum absolute atomic E-state index is 0.00482. The number of sulfonamides is 1. The fourth-order valence-corrected chi connectivity index (χ4v) is 6.83. The van der Waals surface area contributed by atoms with Gasteiger partial charge in [-0.2, -0.15) is 0 Å². The summed E-state index contributed by atoms with van der Waals surface area (Å²) in [7, 11) is -1.94. The monoisotopic (exact) mass is 605 g/mol. The van der Waals surface area contributed by atoms with Crippen molar-refractivity contribution in [3.63, 3.8) is 0 Å². The molecule has 1 heterocycles. The van der Waals surface area contributed by atoms with Crippen molar-refractivity contribution in [2.24, 2.45) is 4.99 Å². The van der Waals surface area contributed by atoms with Crippen LogP contribution in [0.5, 0.6) is 0 Å². The maximum Gasteiger partial charge on any atom is 0.407 e. The number of nitrogens with zero attached hydrogens (tertiary/aromatic N) is 1. The van der Waals surface area contributed by atoms with Crippen molar-refractivity contribution in [2.75, 3.05) is 38.3 Å². The van der Waals surface area contributed by atoms with Gasteiger partial charge >= 0.3 is 6.09 Å². The van der Waals surface area contributed by atoms with E-state index in [0.717, 1.165) is 23.6 Å². The zero-order chi connectivity index (χ0) is 29.3. The molecule has 1 amide bonds. The SMILES string of the molecule is CCCCCCCCCCCCCCCCCCNC(=O)OCC(CNS(=O)(=O)CCCC1=NC(C)CS1)OC. The number of carbonyl (C=O) groups is 1. The summed E-state index contributed by atoms with van der Waals surface area (Å²) in [5.74, 6) is 1.01. The lowest BCUT2D eigenvalue weighted by Gasteiger charge is -2.16. The number of hydrogen-bond donors (Lipinski definition) is 2. The van der Waals surface area contributed by atoms with Crippen LogP contribution in [0.25, 0.3) is 0 Å². The molecule has 236 valence electrons. The van der Waals surface area contributed by atoms with Crippen LogP contribution in [0.15, 0.2) is 4.99 Å². The van der Waals surface area contributed by atoms with E-state index in [1.54, 1.807) is 11.8 Å². The van der Waals surface area contributed by atoms with E-state index in [0.29, 0.717) is 25.4 Å². The van der Waals surface area contributed by atoms with Gasteiger partial charge in [-0.25, -0.2) is 17.9 Å². The van der Waals surface area contributed by atoms with Gasteiger partial charge in [0.05, 0.1) is 16.8 Å². The summed E-state index contributed by atoms with van der Waals surface area (Å²) in [5.41, 5.74) is 0. The molecule has 2 N–H and O–H groups in total. The zero-order valence-electron chi connectivity index (χ0n) is 25.7. The van der Waals surface area contributed by atoms with Crippen LogP contribution >= 0.6 is 11.8 Å². The summed E-state index contributed by atoms with van der Waals surface area (Å²) in [4.78, 5) is 16.5. The van der Waals surface area contributed by atoms with Crippen LogP contribution in [0.4, 0.5) is 4.79 Å². The number of hydrogen-bond acceptors (Lipinski definition) is 7. The molecule has 0 spiro atoms. The van der Waals surface area contributed by atoms with Crippen LogP contribution in [-0.2, 0) is 19.5 Å². The number of carbonyl (C=O) groups excluding carboxylic acids is 1. The Hall–Kier alpha value is -0.840. The summed E-state index contributed by atoms with van der Waals surface area (Å²) in [6.45, 7) is 4.98. The quantitative estimate of drug-likeness (QED) is 0.0958. The van der Waals surface area contributed by atoms with Crippen LogP contribution in [0.3, 0.4) is 0 Å². The van der Waals surface area contributed by atoms with Crippen molar-refractivity contribution in [2.45, 2.75) is 142 Å². The van der Waals surface area contributed by atoms with E-state index in [9.17, 15) is 13.2 Å². The van der Waals surface area contributed by atoms with E-state index in [1.807, 2.05) is 0 Å². The Morgan fingerprint density at radius 1 is 0.925 bits per heavy atom. The van der Waals surface area contributed by atoms with E-state index < -0.39 is 22.2 Å². The number of amides is 1. The second-order valence-corrected chi connectivity index (χ2v) is 14.2. The fourth-order valence-electron chi connectivity index (χ4n) is 4.67. The van der Waals surface area contributed by atoms with Gasteiger partial charge in [-0.3, -0.25) is 4.99 Å². The molecule has 1 aliphatic rings. The molecule has 1 rings (SSSR count). The maximum absolute atomic E-state index is 12.3. The molecule has 0 aromatic heterocycles. The van der Waals surface area contributed by atoms with Crippen LogP contribution in [-0.4, -0.2) is 70.0 Å². The first-order valence-corrected chi connectivity index (χ1v) is 18.6. The normalized spacial score (nSPS) is 16.2. The number of ether oxygens (including phenoxy) is 2. The molecule has 0 aliphatic carbocycles. The highest BCUT2D eigenvalue weighted by Crippen LogP contribution is 2.21. The molecule has 40 heavy (non-hydrogen) atoms. The molecular formula is C30H59N3O5S2. The summed E-state index contributed by atoms with van der Waals surface area (Å²) < 4.78 is 37.6. The van der Waals surface area contributed by atoms with E-state index >= 15 is 0 Å². The van der Waals surface area contributed by atoms with Crippen molar-refractivity contribution >= 4 is 32.9 Å².